The van der Waals surface area contributed by atoms with Crippen molar-refractivity contribution in [1.29, 1.82) is 5.26 Å². The maximum absolute atomic E-state index is 13.9. The molecule has 178 valence electrons. The number of anilines is 1. The van der Waals surface area contributed by atoms with E-state index in [4.69, 9.17) is 0 Å². The van der Waals surface area contributed by atoms with Gasteiger partial charge in [-0.3, -0.25) is 9.59 Å². The Labute approximate surface area is 207 Å². The Morgan fingerprint density at radius 2 is 1.83 bits per heavy atom. The van der Waals surface area contributed by atoms with Crippen molar-refractivity contribution in [2.45, 2.75) is 51.9 Å². The molecule has 5 nitrogen and oxygen atoms in total. The molecular formula is C30H31N3O2. The topological polar surface area (TPSA) is 64.4 Å². The van der Waals surface area contributed by atoms with Crippen LogP contribution in [0.3, 0.4) is 0 Å². The first-order valence-electron chi connectivity index (χ1n) is 12.9. The number of Topliss-reactive ketones (excluding diaryl/α,β-unsaturated/α-hetero) is 1. The van der Waals surface area contributed by atoms with E-state index >= 15 is 0 Å². The van der Waals surface area contributed by atoms with Gasteiger partial charge in [-0.05, 0) is 77.8 Å². The Balaban J connectivity index is 1.36. The fourth-order valence-corrected chi connectivity index (χ4v) is 6.26. The molecule has 5 heteroatoms. The fourth-order valence-electron chi connectivity index (χ4n) is 6.26. The van der Waals surface area contributed by atoms with Gasteiger partial charge in [0.1, 0.15) is 0 Å². The number of rotatable bonds is 3. The molecule has 2 fully saturated rings. The second kappa shape index (κ2) is 7.81. The van der Waals surface area contributed by atoms with Gasteiger partial charge in [0.2, 0.25) is 5.91 Å². The van der Waals surface area contributed by atoms with E-state index in [0.29, 0.717) is 17.9 Å². The van der Waals surface area contributed by atoms with Crippen molar-refractivity contribution in [3.8, 4) is 6.07 Å². The van der Waals surface area contributed by atoms with Crippen LogP contribution in [0.15, 0.2) is 35.9 Å². The standard InChI is InChI=1S/C30H31N3O2/c1-4-19-14-23-24(16-26(19)32-9-11-33(12-10-32)29(35)20-6-7-20)30(2,3)25-15-21-13-18(17-31)5-8-22(21)27(25)28(23)34/h5,8,13-14,16,20H,4,6-7,9-12,15H2,1-3H3. The van der Waals surface area contributed by atoms with Gasteiger partial charge < -0.3 is 9.80 Å². The van der Waals surface area contributed by atoms with E-state index in [9.17, 15) is 14.9 Å². The number of amides is 1. The molecule has 3 aliphatic carbocycles. The van der Waals surface area contributed by atoms with Crippen molar-refractivity contribution in [2.75, 3.05) is 31.1 Å². The highest BCUT2D eigenvalue weighted by molar-refractivity contribution is 6.33. The van der Waals surface area contributed by atoms with Crippen LogP contribution < -0.4 is 4.90 Å². The van der Waals surface area contributed by atoms with Crippen molar-refractivity contribution in [1.82, 2.24) is 4.90 Å². The van der Waals surface area contributed by atoms with Crippen LogP contribution in [-0.4, -0.2) is 42.8 Å². The summed E-state index contributed by atoms with van der Waals surface area (Å²) in [5, 5.41) is 9.36. The number of carbonyl (C=O) groups excluding carboxylic acids is 2. The number of nitriles is 1. The monoisotopic (exact) mass is 465 g/mol. The lowest BCUT2D eigenvalue weighted by Crippen LogP contribution is -2.49. The minimum absolute atomic E-state index is 0.110. The predicted molar refractivity (Wildman–Crippen MR) is 136 cm³/mol. The van der Waals surface area contributed by atoms with Crippen LogP contribution in [0.4, 0.5) is 5.69 Å². The van der Waals surface area contributed by atoms with E-state index < -0.39 is 0 Å². The zero-order valence-electron chi connectivity index (χ0n) is 20.8. The highest BCUT2D eigenvalue weighted by Crippen LogP contribution is 2.51. The minimum atomic E-state index is -0.283. The van der Waals surface area contributed by atoms with Crippen molar-refractivity contribution in [3.05, 3.63) is 69.3 Å². The number of benzene rings is 2. The molecule has 0 aromatic heterocycles. The van der Waals surface area contributed by atoms with Crippen LogP contribution in [-0.2, 0) is 23.1 Å². The third-order valence-corrected chi connectivity index (χ3v) is 8.53. The van der Waals surface area contributed by atoms with E-state index in [1.54, 1.807) is 0 Å². The second-order valence-electron chi connectivity index (χ2n) is 10.9. The summed E-state index contributed by atoms with van der Waals surface area (Å²) in [6.45, 7) is 9.80. The number of carbonyl (C=O) groups is 2. The Hall–Kier alpha value is -3.39. The number of allylic oxidation sites excluding steroid dienone is 2. The zero-order chi connectivity index (χ0) is 24.5. The van der Waals surface area contributed by atoms with Crippen molar-refractivity contribution in [3.63, 3.8) is 0 Å². The van der Waals surface area contributed by atoms with Crippen molar-refractivity contribution >= 4 is 23.0 Å². The van der Waals surface area contributed by atoms with Crippen LogP contribution in [0.25, 0.3) is 5.57 Å². The van der Waals surface area contributed by atoms with Crippen LogP contribution >= 0.6 is 0 Å². The molecule has 0 spiro atoms. The highest BCUT2D eigenvalue weighted by Gasteiger charge is 2.43. The molecule has 1 saturated carbocycles. The molecule has 1 amide bonds. The summed E-state index contributed by atoms with van der Waals surface area (Å²) in [6.07, 6.45) is 3.66. The molecule has 0 bridgehead atoms. The summed E-state index contributed by atoms with van der Waals surface area (Å²) in [6, 6.07) is 12.3. The largest absolute Gasteiger partial charge is 0.368 e. The number of fused-ring (bicyclic) bond motifs is 3. The van der Waals surface area contributed by atoms with Gasteiger partial charge in [-0.25, -0.2) is 0 Å². The van der Waals surface area contributed by atoms with E-state index in [2.05, 4.69) is 43.9 Å². The number of aryl methyl sites for hydroxylation is 1. The third kappa shape index (κ3) is 3.34. The summed E-state index contributed by atoms with van der Waals surface area (Å²) in [5.41, 5.74) is 8.73. The Morgan fingerprint density at radius 1 is 1.09 bits per heavy atom. The Bertz CT molecular complexity index is 1350. The molecule has 1 heterocycles. The van der Waals surface area contributed by atoms with Crippen molar-refractivity contribution in [2.24, 2.45) is 5.92 Å². The molecule has 2 aromatic rings. The number of piperazine rings is 1. The Kier molecular flexibility index (Phi) is 4.93. The molecule has 0 N–H and O–H groups in total. The van der Waals surface area contributed by atoms with Crippen LogP contribution in [0.1, 0.15) is 71.8 Å². The fraction of sp³-hybridized carbons (Fsp3) is 0.433. The van der Waals surface area contributed by atoms with E-state index in [1.165, 1.54) is 11.3 Å². The maximum Gasteiger partial charge on any atom is 0.225 e. The van der Waals surface area contributed by atoms with Gasteiger partial charge in [0, 0.05) is 54.3 Å². The lowest BCUT2D eigenvalue weighted by atomic mass is 9.68. The number of hydrogen-bond acceptors (Lipinski definition) is 4. The molecule has 6 rings (SSSR count). The highest BCUT2D eigenvalue weighted by atomic mass is 16.2. The first-order chi connectivity index (χ1) is 16.8. The lowest BCUT2D eigenvalue weighted by Gasteiger charge is -2.40. The minimum Gasteiger partial charge on any atom is -0.368 e. The second-order valence-corrected chi connectivity index (χ2v) is 10.9. The van der Waals surface area contributed by atoms with Gasteiger partial charge in [0.15, 0.2) is 5.78 Å². The third-order valence-electron chi connectivity index (χ3n) is 8.53. The molecule has 4 aliphatic rings. The molecule has 2 aromatic carbocycles. The van der Waals surface area contributed by atoms with Gasteiger partial charge in [-0.15, -0.1) is 0 Å². The Morgan fingerprint density at radius 3 is 2.49 bits per heavy atom. The van der Waals surface area contributed by atoms with Crippen LogP contribution in [0, 0.1) is 17.2 Å². The molecule has 0 radical (unpaired) electrons. The predicted octanol–water partition coefficient (Wildman–Crippen LogP) is 4.66. The van der Waals surface area contributed by atoms with Gasteiger partial charge in [0.25, 0.3) is 0 Å². The molecule has 0 unspecified atom stereocenters. The molecular weight excluding hydrogens is 434 g/mol. The lowest BCUT2D eigenvalue weighted by molar-refractivity contribution is -0.132. The summed E-state index contributed by atoms with van der Waals surface area (Å²) in [7, 11) is 0. The number of ketones is 1. The maximum atomic E-state index is 13.9. The molecule has 1 aliphatic heterocycles. The van der Waals surface area contributed by atoms with Crippen LogP contribution in [0.5, 0.6) is 0 Å². The van der Waals surface area contributed by atoms with Gasteiger partial charge >= 0.3 is 0 Å². The molecule has 35 heavy (non-hydrogen) atoms. The van der Waals surface area contributed by atoms with Gasteiger partial charge in [0.05, 0.1) is 11.6 Å². The van der Waals surface area contributed by atoms with Gasteiger partial charge in [-0.1, -0.05) is 26.8 Å². The van der Waals surface area contributed by atoms with Crippen molar-refractivity contribution < 1.29 is 9.59 Å². The molecule has 0 atom stereocenters. The smallest absolute Gasteiger partial charge is 0.225 e. The zero-order valence-corrected chi connectivity index (χ0v) is 20.8. The summed E-state index contributed by atoms with van der Waals surface area (Å²) >= 11 is 0. The van der Waals surface area contributed by atoms with E-state index in [-0.39, 0.29) is 17.1 Å². The first kappa shape index (κ1) is 22.1. The molecule has 1 saturated heterocycles. The van der Waals surface area contributed by atoms with E-state index in [1.807, 2.05) is 23.1 Å². The average molecular weight is 466 g/mol. The average Bonchev–Trinajstić information content (AvgIpc) is 3.65. The van der Waals surface area contributed by atoms with Gasteiger partial charge in [-0.2, -0.15) is 5.26 Å². The number of hydrogen-bond donors (Lipinski definition) is 0. The van der Waals surface area contributed by atoms with Crippen LogP contribution in [0.2, 0.25) is 0 Å². The SMILES string of the molecule is CCc1cc2c(cc1N1CCN(C(=O)C3CC3)CC1)C(C)(C)C1=C(C2=O)c2ccc(C#N)cc2C1. The van der Waals surface area contributed by atoms with E-state index in [0.717, 1.165) is 78.8 Å². The summed E-state index contributed by atoms with van der Waals surface area (Å²) < 4.78 is 0. The normalized spacial score (nSPS) is 20.3. The quantitative estimate of drug-likeness (QED) is 0.661. The summed E-state index contributed by atoms with van der Waals surface area (Å²) in [5.74, 6) is 0.710. The summed E-state index contributed by atoms with van der Waals surface area (Å²) in [4.78, 5) is 30.8. The first-order valence-corrected chi connectivity index (χ1v) is 12.9. The number of nitrogens with zero attached hydrogens (tertiary/aromatic N) is 3.